The van der Waals surface area contributed by atoms with Crippen molar-refractivity contribution in [1.29, 1.82) is 5.26 Å². The van der Waals surface area contributed by atoms with E-state index in [0.717, 1.165) is 57.5 Å². The lowest BCUT2D eigenvalue weighted by molar-refractivity contribution is -0.129. The van der Waals surface area contributed by atoms with Crippen molar-refractivity contribution in [1.82, 2.24) is 30.0 Å². The Morgan fingerprint density at radius 3 is 2.73 bits per heavy atom. The molecular weight excluding hydrogens is 442 g/mol. The van der Waals surface area contributed by atoms with Gasteiger partial charge in [0.05, 0.1) is 30.2 Å². The van der Waals surface area contributed by atoms with E-state index in [9.17, 15) is 4.79 Å². The SMILES string of the molecule is N#CCC(=O)N1CC2CC(Nc3nc(Nc4cnn(C5CCNCC5)c4)ncc3Cl)CC2C1. The zero-order chi connectivity index (χ0) is 22.8. The lowest BCUT2D eigenvalue weighted by atomic mass is 10.0. The van der Waals surface area contributed by atoms with Gasteiger partial charge in [0.2, 0.25) is 11.9 Å². The van der Waals surface area contributed by atoms with E-state index < -0.39 is 0 Å². The number of nitriles is 1. The fourth-order valence-corrected chi connectivity index (χ4v) is 5.47. The second kappa shape index (κ2) is 9.53. The van der Waals surface area contributed by atoms with E-state index >= 15 is 0 Å². The number of carbonyl (C=O) groups is 1. The van der Waals surface area contributed by atoms with Crippen molar-refractivity contribution in [2.45, 2.75) is 44.2 Å². The summed E-state index contributed by atoms with van der Waals surface area (Å²) in [7, 11) is 0. The first-order valence-corrected chi connectivity index (χ1v) is 11.9. The Kier molecular flexibility index (Phi) is 6.33. The highest BCUT2D eigenvalue weighted by Gasteiger charge is 2.42. The van der Waals surface area contributed by atoms with Crippen LogP contribution in [0.25, 0.3) is 0 Å². The second-order valence-electron chi connectivity index (χ2n) is 9.17. The molecule has 2 atom stereocenters. The minimum atomic E-state index is -0.0607. The van der Waals surface area contributed by atoms with E-state index in [0.29, 0.717) is 34.7 Å². The molecule has 1 amide bonds. The van der Waals surface area contributed by atoms with Gasteiger partial charge in [-0.15, -0.1) is 0 Å². The molecule has 10 nitrogen and oxygen atoms in total. The van der Waals surface area contributed by atoms with Gasteiger partial charge in [-0.05, 0) is 50.6 Å². The summed E-state index contributed by atoms with van der Waals surface area (Å²) in [5, 5.41) is 23.8. The first kappa shape index (κ1) is 21.9. The van der Waals surface area contributed by atoms with Crippen LogP contribution in [0.5, 0.6) is 0 Å². The summed E-state index contributed by atoms with van der Waals surface area (Å²) in [5.41, 5.74) is 0.847. The summed E-state index contributed by atoms with van der Waals surface area (Å²) < 4.78 is 2.01. The van der Waals surface area contributed by atoms with Gasteiger partial charge in [-0.3, -0.25) is 9.48 Å². The van der Waals surface area contributed by atoms with Crippen LogP contribution in [-0.2, 0) is 4.79 Å². The summed E-state index contributed by atoms with van der Waals surface area (Å²) in [4.78, 5) is 22.8. The lowest BCUT2D eigenvalue weighted by Gasteiger charge is -2.22. The van der Waals surface area contributed by atoms with E-state index in [1.807, 2.05) is 21.8 Å². The number of halogens is 1. The van der Waals surface area contributed by atoms with Gasteiger partial charge in [-0.25, -0.2) is 4.98 Å². The first-order valence-electron chi connectivity index (χ1n) is 11.5. The number of hydrogen-bond acceptors (Lipinski definition) is 8. The molecule has 5 rings (SSSR count). The number of carbonyl (C=O) groups excluding carboxylic acids is 1. The fraction of sp³-hybridized carbons (Fsp3) is 0.591. The maximum atomic E-state index is 12.0. The predicted molar refractivity (Wildman–Crippen MR) is 124 cm³/mol. The minimum absolute atomic E-state index is 0.0375. The minimum Gasteiger partial charge on any atom is -0.366 e. The predicted octanol–water partition coefficient (Wildman–Crippen LogP) is 2.56. The zero-order valence-electron chi connectivity index (χ0n) is 18.4. The molecule has 3 N–H and O–H groups in total. The lowest BCUT2D eigenvalue weighted by Crippen LogP contribution is -2.30. The number of nitrogens with zero attached hydrogens (tertiary/aromatic N) is 6. The molecule has 3 fully saturated rings. The van der Waals surface area contributed by atoms with Crippen molar-refractivity contribution in [3.8, 4) is 6.07 Å². The number of fused-ring (bicyclic) bond motifs is 1. The molecular formula is C22H28ClN9O. The van der Waals surface area contributed by atoms with Crippen LogP contribution in [0.2, 0.25) is 5.02 Å². The van der Waals surface area contributed by atoms with Gasteiger partial charge in [0.25, 0.3) is 0 Å². The average Bonchev–Trinajstić information content (AvgIpc) is 3.52. The van der Waals surface area contributed by atoms with Crippen LogP contribution in [0.4, 0.5) is 17.5 Å². The summed E-state index contributed by atoms with van der Waals surface area (Å²) in [5.74, 6) is 1.92. The zero-order valence-corrected chi connectivity index (χ0v) is 19.1. The Hall–Kier alpha value is -2.90. The van der Waals surface area contributed by atoms with Crippen LogP contribution >= 0.6 is 11.6 Å². The topological polar surface area (TPSA) is 124 Å². The van der Waals surface area contributed by atoms with Gasteiger partial charge < -0.3 is 20.9 Å². The molecule has 11 heteroatoms. The molecule has 0 bridgehead atoms. The van der Waals surface area contributed by atoms with Crippen molar-refractivity contribution in [2.75, 3.05) is 36.8 Å². The maximum Gasteiger partial charge on any atom is 0.236 e. The molecule has 174 valence electrons. The Balaban J connectivity index is 1.19. The fourth-order valence-electron chi connectivity index (χ4n) is 5.33. The standard InChI is InChI=1S/C22H28ClN9O/c23-19-10-26-22(29-17-9-27-32(13-17)18-2-5-25-6-3-18)30-21(19)28-16-7-14-11-31(12-15(14)8-16)20(33)1-4-24/h9-10,13-16,18,25H,1-3,5-8,11-12H2,(H2,26,28,29,30). The summed E-state index contributed by atoms with van der Waals surface area (Å²) >= 11 is 6.38. The normalized spacial score (nSPS) is 25.0. The Labute approximate surface area is 197 Å². The highest BCUT2D eigenvalue weighted by atomic mass is 35.5. The van der Waals surface area contributed by atoms with Crippen LogP contribution in [0, 0.1) is 23.2 Å². The molecule has 2 aromatic rings. The number of piperidine rings is 1. The Bertz CT molecular complexity index is 1030. The molecule has 1 aliphatic carbocycles. The number of likely N-dealkylation sites (tertiary alicyclic amines) is 1. The first-order chi connectivity index (χ1) is 16.1. The molecule has 1 saturated carbocycles. The number of amides is 1. The van der Waals surface area contributed by atoms with Gasteiger partial charge in [0.1, 0.15) is 11.4 Å². The number of hydrogen-bond donors (Lipinski definition) is 3. The van der Waals surface area contributed by atoms with Crippen LogP contribution in [0.1, 0.15) is 38.1 Å². The molecule has 2 saturated heterocycles. The third-order valence-corrected chi connectivity index (χ3v) is 7.24. The van der Waals surface area contributed by atoms with Crippen molar-refractivity contribution in [2.24, 2.45) is 11.8 Å². The summed E-state index contributed by atoms with van der Waals surface area (Å²) in [6.45, 7) is 3.49. The molecule has 2 unspecified atom stereocenters. The number of aromatic nitrogens is 4. The van der Waals surface area contributed by atoms with E-state index in [-0.39, 0.29) is 18.4 Å². The van der Waals surface area contributed by atoms with Crippen molar-refractivity contribution in [3.05, 3.63) is 23.6 Å². The molecule has 0 spiro atoms. The van der Waals surface area contributed by atoms with E-state index in [1.165, 1.54) is 0 Å². The highest BCUT2D eigenvalue weighted by molar-refractivity contribution is 6.32. The Morgan fingerprint density at radius 1 is 1.24 bits per heavy atom. The highest BCUT2D eigenvalue weighted by Crippen LogP contribution is 2.40. The smallest absolute Gasteiger partial charge is 0.236 e. The maximum absolute atomic E-state index is 12.0. The molecule has 3 aliphatic rings. The van der Waals surface area contributed by atoms with E-state index in [1.54, 1.807) is 12.4 Å². The Morgan fingerprint density at radius 2 is 2.00 bits per heavy atom. The van der Waals surface area contributed by atoms with Crippen LogP contribution in [0.3, 0.4) is 0 Å². The monoisotopic (exact) mass is 469 g/mol. The average molecular weight is 470 g/mol. The summed E-state index contributed by atoms with van der Waals surface area (Å²) in [6, 6.07) is 2.61. The molecule has 0 aromatic carbocycles. The summed E-state index contributed by atoms with van der Waals surface area (Å²) in [6.07, 6.45) is 9.41. The largest absolute Gasteiger partial charge is 0.366 e. The van der Waals surface area contributed by atoms with E-state index in [2.05, 4.69) is 31.0 Å². The van der Waals surface area contributed by atoms with Gasteiger partial charge >= 0.3 is 0 Å². The van der Waals surface area contributed by atoms with Gasteiger partial charge in [0.15, 0.2) is 5.82 Å². The molecule has 0 radical (unpaired) electrons. The van der Waals surface area contributed by atoms with Gasteiger partial charge in [-0.2, -0.15) is 15.3 Å². The molecule has 2 aromatic heterocycles. The number of rotatable bonds is 6. The van der Waals surface area contributed by atoms with Crippen LogP contribution in [-0.4, -0.2) is 62.8 Å². The van der Waals surface area contributed by atoms with Gasteiger partial charge in [0, 0.05) is 25.3 Å². The number of anilines is 3. The molecule has 4 heterocycles. The van der Waals surface area contributed by atoms with Crippen LogP contribution < -0.4 is 16.0 Å². The van der Waals surface area contributed by atoms with Crippen molar-refractivity contribution in [3.63, 3.8) is 0 Å². The third kappa shape index (κ3) is 4.89. The van der Waals surface area contributed by atoms with Crippen LogP contribution in [0.15, 0.2) is 18.6 Å². The van der Waals surface area contributed by atoms with Crippen molar-refractivity contribution < 1.29 is 4.79 Å². The number of nitrogens with one attached hydrogen (secondary N) is 3. The second-order valence-corrected chi connectivity index (χ2v) is 9.58. The quantitative estimate of drug-likeness (QED) is 0.589. The third-order valence-electron chi connectivity index (χ3n) is 6.96. The van der Waals surface area contributed by atoms with Gasteiger partial charge in [-0.1, -0.05) is 11.6 Å². The molecule has 2 aliphatic heterocycles. The van der Waals surface area contributed by atoms with Crippen molar-refractivity contribution >= 4 is 35.0 Å². The molecule has 33 heavy (non-hydrogen) atoms. The van der Waals surface area contributed by atoms with E-state index in [4.69, 9.17) is 16.9 Å².